The van der Waals surface area contributed by atoms with Crippen molar-refractivity contribution in [1.29, 1.82) is 0 Å². The first-order valence-corrected chi connectivity index (χ1v) is 6.28. The number of rotatable bonds is 3. The van der Waals surface area contributed by atoms with E-state index in [0.717, 1.165) is 11.1 Å². The third kappa shape index (κ3) is 2.24. The van der Waals surface area contributed by atoms with Gasteiger partial charge in [-0.15, -0.1) is 0 Å². The van der Waals surface area contributed by atoms with E-state index in [1.54, 1.807) is 6.92 Å². The molecule has 1 atom stereocenters. The molecule has 0 aliphatic heterocycles. The van der Waals surface area contributed by atoms with Gasteiger partial charge in [0.1, 0.15) is 0 Å². The van der Waals surface area contributed by atoms with Gasteiger partial charge in [0.2, 0.25) is 0 Å². The summed E-state index contributed by atoms with van der Waals surface area (Å²) >= 11 is 0. The van der Waals surface area contributed by atoms with Crippen LogP contribution < -0.4 is 10.8 Å². The lowest BCUT2D eigenvalue weighted by molar-refractivity contribution is 0.341. The van der Waals surface area contributed by atoms with Crippen LogP contribution in [0.4, 0.5) is 0 Å². The van der Waals surface area contributed by atoms with Gasteiger partial charge in [0.15, 0.2) is 0 Å². The van der Waals surface area contributed by atoms with E-state index < -0.39 is 7.52 Å². The molecule has 78 valence electrons. The van der Waals surface area contributed by atoms with Crippen molar-refractivity contribution in [2.24, 2.45) is 5.50 Å². The Labute approximate surface area is 84.8 Å². The van der Waals surface area contributed by atoms with Crippen LogP contribution in [0.5, 0.6) is 0 Å². The van der Waals surface area contributed by atoms with E-state index in [0.29, 0.717) is 11.9 Å². The summed E-state index contributed by atoms with van der Waals surface area (Å²) in [5.74, 6) is 0. The van der Waals surface area contributed by atoms with Crippen molar-refractivity contribution in [1.82, 2.24) is 0 Å². The Bertz CT molecular complexity index is 356. The SMILES string of the molecule is CCO[P@@](N)(=O)c1c(C)cccc1C. The molecule has 1 aromatic rings. The smallest absolute Gasteiger partial charge is 0.297 e. The van der Waals surface area contributed by atoms with Gasteiger partial charge in [-0.1, -0.05) is 18.2 Å². The summed E-state index contributed by atoms with van der Waals surface area (Å²) in [5.41, 5.74) is 7.52. The van der Waals surface area contributed by atoms with Crippen LogP contribution in [0.15, 0.2) is 18.2 Å². The van der Waals surface area contributed by atoms with Crippen molar-refractivity contribution in [3.05, 3.63) is 29.3 Å². The van der Waals surface area contributed by atoms with E-state index in [2.05, 4.69) is 0 Å². The molecule has 0 spiro atoms. The lowest BCUT2D eigenvalue weighted by Gasteiger charge is -2.16. The highest BCUT2D eigenvalue weighted by molar-refractivity contribution is 7.64. The molecule has 0 bridgehead atoms. The Morgan fingerprint density at radius 3 is 2.29 bits per heavy atom. The summed E-state index contributed by atoms with van der Waals surface area (Å²) in [5, 5.41) is 0.654. The third-order valence-corrected chi connectivity index (χ3v) is 4.04. The maximum absolute atomic E-state index is 12.0. The molecule has 0 unspecified atom stereocenters. The van der Waals surface area contributed by atoms with Crippen molar-refractivity contribution in [3.8, 4) is 0 Å². The highest BCUT2D eigenvalue weighted by Gasteiger charge is 2.23. The molecule has 4 heteroatoms. The molecule has 2 N–H and O–H groups in total. The second kappa shape index (κ2) is 4.26. The molecule has 1 aromatic carbocycles. The fraction of sp³-hybridized carbons (Fsp3) is 0.400. The van der Waals surface area contributed by atoms with Crippen molar-refractivity contribution in [2.45, 2.75) is 20.8 Å². The summed E-state index contributed by atoms with van der Waals surface area (Å²) in [7, 11) is -3.12. The molecular weight excluding hydrogens is 197 g/mol. The quantitative estimate of drug-likeness (QED) is 0.782. The normalized spacial score (nSPS) is 15.1. The van der Waals surface area contributed by atoms with Gasteiger partial charge >= 0.3 is 0 Å². The largest absolute Gasteiger partial charge is 0.315 e. The van der Waals surface area contributed by atoms with Crippen LogP contribution in [0.3, 0.4) is 0 Å². The summed E-state index contributed by atoms with van der Waals surface area (Å²) in [6.45, 7) is 5.93. The highest BCUT2D eigenvalue weighted by Crippen LogP contribution is 2.38. The molecule has 0 heterocycles. The molecule has 0 aliphatic rings. The van der Waals surface area contributed by atoms with Gasteiger partial charge in [0, 0.05) is 0 Å². The monoisotopic (exact) mass is 213 g/mol. The van der Waals surface area contributed by atoms with E-state index in [4.69, 9.17) is 10.0 Å². The molecule has 0 radical (unpaired) electrons. The van der Waals surface area contributed by atoms with Gasteiger partial charge in [-0.05, 0) is 31.9 Å². The third-order valence-electron chi connectivity index (χ3n) is 2.07. The lowest BCUT2D eigenvalue weighted by Crippen LogP contribution is -2.19. The molecule has 0 amide bonds. The Morgan fingerprint density at radius 1 is 1.36 bits per heavy atom. The van der Waals surface area contributed by atoms with Crippen LogP contribution in [-0.4, -0.2) is 6.61 Å². The minimum atomic E-state index is -3.12. The second-order valence-corrected chi connectivity index (χ2v) is 5.15. The maximum atomic E-state index is 12.0. The maximum Gasteiger partial charge on any atom is 0.297 e. The van der Waals surface area contributed by atoms with Gasteiger partial charge in [-0.25, -0.2) is 0 Å². The average molecular weight is 213 g/mol. The predicted molar refractivity (Wildman–Crippen MR) is 59.0 cm³/mol. The van der Waals surface area contributed by atoms with Crippen molar-refractivity contribution >= 4 is 12.8 Å². The van der Waals surface area contributed by atoms with Gasteiger partial charge in [0.05, 0.1) is 11.9 Å². The second-order valence-electron chi connectivity index (χ2n) is 3.26. The summed E-state index contributed by atoms with van der Waals surface area (Å²) in [6, 6.07) is 5.70. The van der Waals surface area contributed by atoms with Gasteiger partial charge < -0.3 is 4.52 Å². The van der Waals surface area contributed by atoms with E-state index in [-0.39, 0.29) is 0 Å². The number of benzene rings is 1. The fourth-order valence-corrected chi connectivity index (χ4v) is 3.20. The van der Waals surface area contributed by atoms with Crippen LogP contribution in [0.1, 0.15) is 18.1 Å². The molecular formula is C10H16NO2P. The zero-order chi connectivity index (χ0) is 10.8. The van der Waals surface area contributed by atoms with E-state index in [1.165, 1.54) is 0 Å². The predicted octanol–water partition coefficient (Wildman–Crippen LogP) is 2.12. The van der Waals surface area contributed by atoms with Gasteiger partial charge in [-0.2, -0.15) is 0 Å². The van der Waals surface area contributed by atoms with E-state index in [9.17, 15) is 4.57 Å². The van der Waals surface area contributed by atoms with Crippen molar-refractivity contribution in [2.75, 3.05) is 6.61 Å². The molecule has 1 rings (SSSR count). The van der Waals surface area contributed by atoms with Gasteiger partial charge in [-0.3, -0.25) is 10.1 Å². The standard InChI is InChI=1S/C10H16NO2P/c1-4-13-14(11,12)10-8(2)6-5-7-9(10)3/h5-7H,4H2,1-3H3,(H2,11,12)/t14-/m0/s1. The van der Waals surface area contributed by atoms with Crippen molar-refractivity contribution in [3.63, 3.8) is 0 Å². The van der Waals surface area contributed by atoms with Crippen LogP contribution in [0.2, 0.25) is 0 Å². The summed E-state index contributed by atoms with van der Waals surface area (Å²) in [4.78, 5) is 0. The number of aryl methyl sites for hydroxylation is 2. The van der Waals surface area contributed by atoms with Crippen molar-refractivity contribution < 1.29 is 9.09 Å². The lowest BCUT2D eigenvalue weighted by atomic mass is 10.2. The molecule has 0 aliphatic carbocycles. The van der Waals surface area contributed by atoms with Crippen LogP contribution in [0.25, 0.3) is 0 Å². The number of nitrogens with two attached hydrogens (primary N) is 1. The minimum absolute atomic E-state index is 0.363. The summed E-state index contributed by atoms with van der Waals surface area (Å²) in [6.07, 6.45) is 0. The Kier molecular flexibility index (Phi) is 3.48. The van der Waals surface area contributed by atoms with Crippen LogP contribution in [0, 0.1) is 13.8 Å². The molecule has 0 saturated heterocycles. The Balaban J connectivity index is 3.24. The van der Waals surface area contributed by atoms with Crippen LogP contribution in [-0.2, 0) is 9.09 Å². The first kappa shape index (κ1) is 11.4. The Morgan fingerprint density at radius 2 is 1.86 bits per heavy atom. The average Bonchev–Trinajstić information content (AvgIpc) is 2.02. The molecule has 3 nitrogen and oxygen atoms in total. The van der Waals surface area contributed by atoms with Gasteiger partial charge in [0.25, 0.3) is 7.52 Å². The Hall–Kier alpha value is -0.630. The highest BCUT2D eigenvalue weighted by atomic mass is 31.2. The topological polar surface area (TPSA) is 52.3 Å². The summed E-state index contributed by atoms with van der Waals surface area (Å²) < 4.78 is 17.1. The fourth-order valence-electron chi connectivity index (χ4n) is 1.55. The zero-order valence-corrected chi connectivity index (χ0v) is 9.67. The van der Waals surface area contributed by atoms with E-state index >= 15 is 0 Å². The number of hydrogen-bond donors (Lipinski definition) is 1. The molecule has 0 saturated carbocycles. The van der Waals surface area contributed by atoms with Crippen LogP contribution >= 0.6 is 7.52 Å². The first-order valence-electron chi connectivity index (χ1n) is 4.59. The molecule has 0 aromatic heterocycles. The number of hydrogen-bond acceptors (Lipinski definition) is 2. The minimum Gasteiger partial charge on any atom is -0.315 e. The van der Waals surface area contributed by atoms with E-state index in [1.807, 2.05) is 32.0 Å². The first-order chi connectivity index (χ1) is 6.49. The molecule has 0 fully saturated rings. The molecule has 14 heavy (non-hydrogen) atoms. The zero-order valence-electron chi connectivity index (χ0n) is 8.78.